The Kier molecular flexibility index (Phi) is 7.28. The first kappa shape index (κ1) is 19.4. The number of nitrogens with zero attached hydrogens (tertiary/aromatic N) is 1. The summed E-state index contributed by atoms with van der Waals surface area (Å²) in [5.41, 5.74) is 3.16. The van der Waals surface area contributed by atoms with Crippen molar-refractivity contribution in [2.75, 3.05) is 19.7 Å². The summed E-state index contributed by atoms with van der Waals surface area (Å²) < 4.78 is 5.57. The second-order valence-electron chi connectivity index (χ2n) is 7.16. The standard InChI is InChI=1S/C23H30N2O2/c1-2-16-27-22-12-10-19(11-13-22)23(26)24-17-20-8-4-5-9-21(20)18-25-14-6-3-7-15-25/h4-5,8-13H,2-3,6-7,14-18H2,1H3,(H,24,26). The van der Waals surface area contributed by atoms with Crippen LogP contribution in [0.5, 0.6) is 5.75 Å². The van der Waals surface area contributed by atoms with Crippen LogP contribution in [0.15, 0.2) is 48.5 Å². The highest BCUT2D eigenvalue weighted by atomic mass is 16.5. The SMILES string of the molecule is CCCOc1ccc(C(=O)NCc2ccccc2CN2CCCCC2)cc1. The average molecular weight is 367 g/mol. The molecule has 3 rings (SSSR count). The molecule has 2 aromatic carbocycles. The van der Waals surface area contributed by atoms with Crippen molar-refractivity contribution >= 4 is 5.91 Å². The van der Waals surface area contributed by atoms with E-state index in [4.69, 9.17) is 4.74 Å². The van der Waals surface area contributed by atoms with Gasteiger partial charge >= 0.3 is 0 Å². The van der Waals surface area contributed by atoms with Crippen LogP contribution in [-0.4, -0.2) is 30.5 Å². The Morgan fingerprint density at radius 2 is 1.70 bits per heavy atom. The van der Waals surface area contributed by atoms with Gasteiger partial charge in [0.05, 0.1) is 6.61 Å². The summed E-state index contributed by atoms with van der Waals surface area (Å²) in [4.78, 5) is 15.0. The Morgan fingerprint density at radius 3 is 2.41 bits per heavy atom. The van der Waals surface area contributed by atoms with Gasteiger partial charge < -0.3 is 10.1 Å². The van der Waals surface area contributed by atoms with E-state index in [2.05, 4.69) is 35.3 Å². The number of likely N-dealkylation sites (tertiary alicyclic amines) is 1. The predicted molar refractivity (Wildman–Crippen MR) is 109 cm³/mol. The number of ether oxygens (including phenoxy) is 1. The van der Waals surface area contributed by atoms with Gasteiger partial charge in [-0.2, -0.15) is 0 Å². The van der Waals surface area contributed by atoms with E-state index < -0.39 is 0 Å². The van der Waals surface area contributed by atoms with Gasteiger partial charge in [-0.1, -0.05) is 37.6 Å². The van der Waals surface area contributed by atoms with E-state index in [1.165, 1.54) is 43.5 Å². The van der Waals surface area contributed by atoms with Crippen molar-refractivity contribution < 1.29 is 9.53 Å². The zero-order chi connectivity index (χ0) is 18.9. The lowest BCUT2D eigenvalue weighted by Crippen LogP contribution is -2.30. The highest BCUT2D eigenvalue weighted by Crippen LogP contribution is 2.17. The van der Waals surface area contributed by atoms with E-state index in [1.54, 1.807) is 0 Å². The number of nitrogens with one attached hydrogen (secondary N) is 1. The van der Waals surface area contributed by atoms with Crippen LogP contribution in [-0.2, 0) is 13.1 Å². The molecule has 0 saturated carbocycles. The van der Waals surface area contributed by atoms with Crippen LogP contribution in [0.2, 0.25) is 0 Å². The van der Waals surface area contributed by atoms with Crippen LogP contribution in [0.4, 0.5) is 0 Å². The second-order valence-corrected chi connectivity index (χ2v) is 7.16. The summed E-state index contributed by atoms with van der Waals surface area (Å²) in [5.74, 6) is 0.755. The molecule has 0 aliphatic carbocycles. The van der Waals surface area contributed by atoms with E-state index in [-0.39, 0.29) is 5.91 Å². The van der Waals surface area contributed by atoms with Gasteiger partial charge in [-0.15, -0.1) is 0 Å². The quantitative estimate of drug-likeness (QED) is 0.753. The molecule has 0 spiro atoms. The van der Waals surface area contributed by atoms with E-state index >= 15 is 0 Å². The monoisotopic (exact) mass is 366 g/mol. The third-order valence-electron chi connectivity index (χ3n) is 4.99. The molecule has 0 radical (unpaired) electrons. The molecule has 1 saturated heterocycles. The number of rotatable bonds is 8. The summed E-state index contributed by atoms with van der Waals surface area (Å²) >= 11 is 0. The summed E-state index contributed by atoms with van der Waals surface area (Å²) in [6, 6.07) is 15.8. The van der Waals surface area contributed by atoms with Crippen LogP contribution in [0.25, 0.3) is 0 Å². The van der Waals surface area contributed by atoms with Gasteiger partial charge in [0.2, 0.25) is 0 Å². The number of benzene rings is 2. The molecular formula is C23H30N2O2. The molecule has 4 nitrogen and oxygen atoms in total. The maximum Gasteiger partial charge on any atom is 0.251 e. The molecule has 2 aromatic rings. The van der Waals surface area contributed by atoms with Gasteiger partial charge in [0.15, 0.2) is 0 Å². The number of hydrogen-bond acceptors (Lipinski definition) is 3. The number of carbonyl (C=O) groups is 1. The number of amides is 1. The smallest absolute Gasteiger partial charge is 0.251 e. The van der Waals surface area contributed by atoms with E-state index in [1.807, 2.05) is 30.3 Å². The summed E-state index contributed by atoms with van der Waals surface area (Å²) in [6.07, 6.45) is 4.89. The van der Waals surface area contributed by atoms with Crippen molar-refractivity contribution in [1.29, 1.82) is 0 Å². The fraction of sp³-hybridized carbons (Fsp3) is 0.435. The highest BCUT2D eigenvalue weighted by Gasteiger charge is 2.13. The molecule has 0 atom stereocenters. The van der Waals surface area contributed by atoms with Crippen molar-refractivity contribution in [3.05, 3.63) is 65.2 Å². The van der Waals surface area contributed by atoms with Gasteiger partial charge in [-0.25, -0.2) is 0 Å². The lowest BCUT2D eigenvalue weighted by Gasteiger charge is -2.27. The minimum Gasteiger partial charge on any atom is -0.494 e. The molecule has 0 unspecified atom stereocenters. The average Bonchev–Trinajstić information content (AvgIpc) is 2.72. The number of carbonyl (C=O) groups excluding carboxylic acids is 1. The first-order chi connectivity index (χ1) is 13.3. The Balaban J connectivity index is 1.56. The molecule has 1 heterocycles. The molecule has 1 aliphatic rings. The molecule has 0 bridgehead atoms. The van der Waals surface area contributed by atoms with Gasteiger partial charge in [0.1, 0.15) is 5.75 Å². The van der Waals surface area contributed by atoms with Crippen molar-refractivity contribution in [3.8, 4) is 5.75 Å². The van der Waals surface area contributed by atoms with Crippen molar-refractivity contribution in [2.24, 2.45) is 0 Å². The van der Waals surface area contributed by atoms with Crippen LogP contribution >= 0.6 is 0 Å². The zero-order valence-corrected chi connectivity index (χ0v) is 16.2. The van der Waals surface area contributed by atoms with Crippen LogP contribution < -0.4 is 10.1 Å². The molecule has 1 amide bonds. The maximum atomic E-state index is 12.5. The minimum absolute atomic E-state index is 0.0511. The lowest BCUT2D eigenvalue weighted by atomic mass is 10.0. The van der Waals surface area contributed by atoms with E-state index in [9.17, 15) is 4.79 Å². The number of piperidine rings is 1. The molecule has 1 aliphatic heterocycles. The first-order valence-corrected chi connectivity index (χ1v) is 10.1. The summed E-state index contributed by atoms with van der Waals surface area (Å²) in [7, 11) is 0. The maximum absolute atomic E-state index is 12.5. The van der Waals surface area contributed by atoms with Gasteiger partial charge in [-0.05, 0) is 67.7 Å². The molecular weight excluding hydrogens is 336 g/mol. The van der Waals surface area contributed by atoms with Gasteiger partial charge in [0, 0.05) is 18.7 Å². The first-order valence-electron chi connectivity index (χ1n) is 10.1. The topological polar surface area (TPSA) is 41.6 Å². The van der Waals surface area contributed by atoms with Crippen LogP contribution in [0.1, 0.15) is 54.1 Å². The van der Waals surface area contributed by atoms with Gasteiger partial charge in [-0.3, -0.25) is 9.69 Å². The molecule has 144 valence electrons. The Morgan fingerprint density at radius 1 is 1.00 bits per heavy atom. The molecule has 27 heavy (non-hydrogen) atoms. The Hall–Kier alpha value is -2.33. The third kappa shape index (κ3) is 5.83. The van der Waals surface area contributed by atoms with Crippen LogP contribution in [0, 0.1) is 0 Å². The Bertz CT molecular complexity index is 721. The summed E-state index contributed by atoms with van der Waals surface area (Å²) in [6.45, 7) is 6.64. The van der Waals surface area contributed by atoms with E-state index in [0.29, 0.717) is 18.7 Å². The Labute approximate surface area is 162 Å². The largest absolute Gasteiger partial charge is 0.494 e. The van der Waals surface area contributed by atoms with E-state index in [0.717, 1.165) is 18.7 Å². The fourth-order valence-corrected chi connectivity index (χ4v) is 3.44. The van der Waals surface area contributed by atoms with Crippen molar-refractivity contribution in [1.82, 2.24) is 10.2 Å². The molecule has 1 N–H and O–H groups in total. The highest BCUT2D eigenvalue weighted by molar-refractivity contribution is 5.94. The third-order valence-corrected chi connectivity index (χ3v) is 4.99. The number of hydrogen-bond donors (Lipinski definition) is 1. The normalized spacial score (nSPS) is 14.7. The lowest BCUT2D eigenvalue weighted by molar-refractivity contribution is 0.0950. The van der Waals surface area contributed by atoms with Crippen LogP contribution in [0.3, 0.4) is 0 Å². The minimum atomic E-state index is -0.0511. The van der Waals surface area contributed by atoms with Crippen molar-refractivity contribution in [2.45, 2.75) is 45.7 Å². The predicted octanol–water partition coefficient (Wildman–Crippen LogP) is 4.39. The molecule has 1 fully saturated rings. The van der Waals surface area contributed by atoms with Crippen molar-refractivity contribution in [3.63, 3.8) is 0 Å². The molecule has 4 heteroatoms. The van der Waals surface area contributed by atoms with Gasteiger partial charge in [0.25, 0.3) is 5.91 Å². The fourth-order valence-electron chi connectivity index (χ4n) is 3.44. The molecule has 0 aromatic heterocycles. The zero-order valence-electron chi connectivity index (χ0n) is 16.2. The second kappa shape index (κ2) is 10.1. The summed E-state index contributed by atoms with van der Waals surface area (Å²) in [5, 5.41) is 3.06.